The van der Waals surface area contributed by atoms with Crippen molar-refractivity contribution in [1.82, 2.24) is 0 Å². The molecule has 0 unspecified atom stereocenters. The minimum absolute atomic E-state index is 0.393. The Morgan fingerprint density at radius 2 is 2.00 bits per heavy atom. The van der Waals surface area contributed by atoms with Crippen molar-refractivity contribution in [3.8, 4) is 0 Å². The van der Waals surface area contributed by atoms with Crippen molar-refractivity contribution >= 4 is 34.1 Å². The van der Waals surface area contributed by atoms with Crippen molar-refractivity contribution < 1.29 is 4.79 Å². The molecule has 0 saturated carbocycles. The summed E-state index contributed by atoms with van der Waals surface area (Å²) in [5.74, 6) is 0.448. The molecule has 74 valence electrons. The fraction of sp³-hybridized carbons (Fsp3) is 0.200. The topological polar surface area (TPSA) is 43.1 Å². The Bertz CT molecular complexity index is 346. The van der Waals surface area contributed by atoms with Crippen LogP contribution in [0.15, 0.2) is 24.3 Å². The van der Waals surface area contributed by atoms with Crippen molar-refractivity contribution in [1.29, 1.82) is 0 Å². The third-order valence-electron chi connectivity index (χ3n) is 1.68. The van der Waals surface area contributed by atoms with Gasteiger partial charge in [-0.2, -0.15) is 0 Å². The number of primary amides is 1. The molecular weight excluding hydrogens is 214 g/mol. The SMILES string of the molecule is CC(=S)SCc1ccc(C(N)=O)cc1. The summed E-state index contributed by atoms with van der Waals surface area (Å²) in [4.78, 5) is 10.8. The van der Waals surface area contributed by atoms with Crippen molar-refractivity contribution in [2.45, 2.75) is 12.7 Å². The summed E-state index contributed by atoms with van der Waals surface area (Å²) >= 11 is 6.56. The highest BCUT2D eigenvalue weighted by molar-refractivity contribution is 8.22. The van der Waals surface area contributed by atoms with Gasteiger partial charge in [0.2, 0.25) is 5.91 Å². The quantitative estimate of drug-likeness (QED) is 0.803. The summed E-state index contributed by atoms with van der Waals surface area (Å²) in [5, 5.41) is 0. The van der Waals surface area contributed by atoms with Crippen molar-refractivity contribution in [3.63, 3.8) is 0 Å². The zero-order chi connectivity index (χ0) is 10.6. The summed E-state index contributed by atoms with van der Waals surface area (Å²) in [7, 11) is 0. The highest BCUT2D eigenvalue weighted by Crippen LogP contribution is 2.14. The Labute approximate surface area is 92.9 Å². The Hall–Kier alpha value is -0.870. The number of carbonyl (C=O) groups excluding carboxylic acids is 1. The van der Waals surface area contributed by atoms with E-state index < -0.39 is 5.91 Å². The molecule has 4 heteroatoms. The minimum Gasteiger partial charge on any atom is -0.366 e. The smallest absolute Gasteiger partial charge is 0.248 e. The Morgan fingerprint density at radius 1 is 1.43 bits per heavy atom. The second-order valence-corrected chi connectivity index (χ2v) is 4.90. The zero-order valence-corrected chi connectivity index (χ0v) is 9.45. The van der Waals surface area contributed by atoms with Crippen LogP contribution >= 0.6 is 24.0 Å². The number of thioether (sulfide) groups is 1. The van der Waals surface area contributed by atoms with Crippen LogP contribution in [-0.2, 0) is 5.75 Å². The molecule has 0 aliphatic rings. The van der Waals surface area contributed by atoms with Crippen LogP contribution in [0.1, 0.15) is 22.8 Å². The standard InChI is InChI=1S/C10H11NOS2/c1-7(13)14-6-8-2-4-9(5-3-8)10(11)12/h2-5H,6H2,1H3,(H2,11,12). The van der Waals surface area contributed by atoms with E-state index in [0.29, 0.717) is 5.56 Å². The monoisotopic (exact) mass is 225 g/mol. The second kappa shape index (κ2) is 5.12. The predicted molar refractivity (Wildman–Crippen MR) is 64.5 cm³/mol. The number of carbonyl (C=O) groups is 1. The average molecular weight is 225 g/mol. The number of nitrogens with two attached hydrogens (primary N) is 1. The molecule has 1 aromatic carbocycles. The summed E-state index contributed by atoms with van der Waals surface area (Å²) in [6.45, 7) is 1.90. The summed E-state index contributed by atoms with van der Waals surface area (Å²) < 4.78 is 0.920. The molecule has 0 saturated heterocycles. The lowest BCUT2D eigenvalue weighted by Crippen LogP contribution is -2.10. The van der Waals surface area contributed by atoms with Gasteiger partial charge in [0.15, 0.2) is 0 Å². The van der Waals surface area contributed by atoms with Gasteiger partial charge in [-0.3, -0.25) is 4.79 Å². The lowest BCUT2D eigenvalue weighted by Gasteiger charge is -2.00. The van der Waals surface area contributed by atoms with Gasteiger partial charge in [-0.05, 0) is 24.6 Å². The van der Waals surface area contributed by atoms with Crippen molar-refractivity contribution in [3.05, 3.63) is 35.4 Å². The highest BCUT2D eigenvalue weighted by atomic mass is 32.2. The van der Waals surface area contributed by atoms with Gasteiger partial charge in [0.1, 0.15) is 0 Å². The van der Waals surface area contributed by atoms with Crippen LogP contribution in [0, 0.1) is 0 Å². The molecule has 0 spiro atoms. The number of hydrogen-bond acceptors (Lipinski definition) is 3. The molecule has 0 fully saturated rings. The van der Waals surface area contributed by atoms with Crippen LogP contribution in [0.5, 0.6) is 0 Å². The molecule has 1 amide bonds. The van der Waals surface area contributed by atoms with Gasteiger partial charge >= 0.3 is 0 Å². The maximum atomic E-state index is 10.8. The number of thiocarbonyl (C=S) groups is 1. The Balaban J connectivity index is 2.64. The van der Waals surface area contributed by atoms with Crippen LogP contribution in [0.4, 0.5) is 0 Å². The van der Waals surface area contributed by atoms with Crippen molar-refractivity contribution in [2.75, 3.05) is 0 Å². The van der Waals surface area contributed by atoms with E-state index in [1.54, 1.807) is 23.9 Å². The Kier molecular flexibility index (Phi) is 4.10. The summed E-state index contributed by atoms with van der Waals surface area (Å²) in [6.07, 6.45) is 0. The van der Waals surface area contributed by atoms with E-state index in [-0.39, 0.29) is 0 Å². The molecule has 0 aliphatic carbocycles. The first-order valence-corrected chi connectivity index (χ1v) is 5.51. The maximum absolute atomic E-state index is 10.8. The molecule has 1 aromatic rings. The van der Waals surface area contributed by atoms with Crippen LogP contribution in [-0.4, -0.2) is 10.1 Å². The van der Waals surface area contributed by atoms with Crippen LogP contribution in [0.25, 0.3) is 0 Å². The zero-order valence-electron chi connectivity index (χ0n) is 7.82. The number of hydrogen-bond donors (Lipinski definition) is 1. The predicted octanol–water partition coefficient (Wildman–Crippen LogP) is 2.37. The first-order chi connectivity index (χ1) is 6.59. The normalized spacial score (nSPS) is 9.79. The highest BCUT2D eigenvalue weighted by Gasteiger charge is 1.99. The lowest BCUT2D eigenvalue weighted by atomic mass is 10.1. The number of amides is 1. The van der Waals surface area contributed by atoms with Gasteiger partial charge < -0.3 is 5.73 Å². The number of rotatable bonds is 3. The van der Waals surface area contributed by atoms with E-state index >= 15 is 0 Å². The third-order valence-corrected chi connectivity index (χ3v) is 2.92. The molecule has 2 N–H and O–H groups in total. The van der Waals surface area contributed by atoms with Crippen LogP contribution in [0.3, 0.4) is 0 Å². The van der Waals surface area contributed by atoms with Crippen LogP contribution < -0.4 is 5.73 Å². The molecular formula is C10H11NOS2. The maximum Gasteiger partial charge on any atom is 0.248 e. The third kappa shape index (κ3) is 3.47. The van der Waals surface area contributed by atoms with Gasteiger partial charge in [-0.15, -0.1) is 11.8 Å². The summed E-state index contributed by atoms with van der Waals surface area (Å²) in [5.41, 5.74) is 6.80. The fourth-order valence-corrected chi connectivity index (χ4v) is 1.69. The minimum atomic E-state index is -0.393. The van der Waals surface area contributed by atoms with E-state index in [2.05, 4.69) is 0 Å². The fourth-order valence-electron chi connectivity index (χ4n) is 0.950. The molecule has 0 aliphatic heterocycles. The lowest BCUT2D eigenvalue weighted by molar-refractivity contribution is 0.100. The van der Waals surface area contributed by atoms with Gasteiger partial charge in [0.05, 0.1) is 0 Å². The molecule has 0 heterocycles. The number of benzene rings is 1. The average Bonchev–Trinajstić information content (AvgIpc) is 2.15. The molecule has 0 atom stereocenters. The molecule has 14 heavy (non-hydrogen) atoms. The van der Waals surface area contributed by atoms with Gasteiger partial charge in [-0.1, -0.05) is 24.4 Å². The Morgan fingerprint density at radius 3 is 2.43 bits per heavy atom. The largest absolute Gasteiger partial charge is 0.366 e. The molecule has 1 rings (SSSR count). The first kappa shape index (κ1) is 11.2. The van der Waals surface area contributed by atoms with E-state index in [1.165, 1.54) is 0 Å². The van der Waals surface area contributed by atoms with E-state index in [4.69, 9.17) is 18.0 Å². The van der Waals surface area contributed by atoms with Gasteiger partial charge in [-0.25, -0.2) is 0 Å². The van der Waals surface area contributed by atoms with Crippen molar-refractivity contribution in [2.24, 2.45) is 5.73 Å². The molecule has 2 nitrogen and oxygen atoms in total. The van der Waals surface area contributed by atoms with E-state index in [0.717, 1.165) is 15.5 Å². The second-order valence-electron chi connectivity index (χ2n) is 2.84. The summed E-state index contributed by atoms with van der Waals surface area (Å²) in [6, 6.07) is 7.25. The molecule has 0 bridgehead atoms. The molecule has 0 radical (unpaired) electrons. The van der Waals surface area contributed by atoms with Gasteiger partial charge in [0, 0.05) is 15.5 Å². The first-order valence-electron chi connectivity index (χ1n) is 4.11. The van der Waals surface area contributed by atoms with Crippen LogP contribution in [0.2, 0.25) is 0 Å². The van der Waals surface area contributed by atoms with E-state index in [9.17, 15) is 4.79 Å². The molecule has 0 aromatic heterocycles. The van der Waals surface area contributed by atoms with Gasteiger partial charge in [0.25, 0.3) is 0 Å². The van der Waals surface area contributed by atoms with E-state index in [1.807, 2.05) is 19.1 Å².